The van der Waals surface area contributed by atoms with Gasteiger partial charge in [0, 0.05) is 0 Å². The van der Waals surface area contributed by atoms with E-state index in [0.29, 0.717) is 0 Å². The summed E-state index contributed by atoms with van der Waals surface area (Å²) in [4.78, 5) is 0. The van der Waals surface area contributed by atoms with E-state index in [1.54, 1.807) is 0 Å². The van der Waals surface area contributed by atoms with Crippen LogP contribution in [-0.4, -0.2) is 32.5 Å². The van der Waals surface area contributed by atoms with Gasteiger partial charge in [0.2, 0.25) is 0 Å². The fourth-order valence-electron chi connectivity index (χ4n) is 0.274. The zero-order valence-electron chi connectivity index (χ0n) is 5.07. The molecule has 1 atom stereocenters. The lowest BCUT2D eigenvalue weighted by atomic mass is 10.2. The minimum Gasteiger partial charge on any atom is -0.385 e. The van der Waals surface area contributed by atoms with E-state index in [2.05, 4.69) is 0 Å². The van der Waals surface area contributed by atoms with E-state index in [1.807, 2.05) is 0 Å². The van der Waals surface area contributed by atoms with E-state index in [0.717, 1.165) is 0 Å². The van der Waals surface area contributed by atoms with Gasteiger partial charge in [0.05, 0.1) is 0 Å². The number of aliphatic hydroxyl groups is 4. The summed E-state index contributed by atoms with van der Waals surface area (Å²) in [6.45, 7) is 1.52. The predicted molar refractivity (Wildman–Crippen MR) is 36.1 cm³/mol. The van der Waals surface area contributed by atoms with Gasteiger partial charge in [0.15, 0.2) is 0 Å². The Kier molecular flexibility index (Phi) is 5.40. The topological polar surface area (TPSA) is 80.9 Å². The largest absolute Gasteiger partial charge is 0.385 e. The van der Waals surface area contributed by atoms with Gasteiger partial charge in [-0.3, -0.25) is 0 Å². The molecule has 0 aromatic rings. The first-order valence-corrected chi connectivity index (χ1v) is 2.33. The van der Waals surface area contributed by atoms with Gasteiger partial charge in [0.1, 0.15) is 6.10 Å². The molecule has 4 N–H and O–H groups in total. The summed E-state index contributed by atoms with van der Waals surface area (Å²) < 4.78 is 0. The second-order valence-electron chi connectivity index (χ2n) is 1.61. The second kappa shape index (κ2) is 4.08. The van der Waals surface area contributed by atoms with Crippen molar-refractivity contribution in [2.45, 2.75) is 25.4 Å². The molecule has 5 heteroatoms. The zero-order chi connectivity index (χ0) is 6.78. The molecule has 0 heterocycles. The highest BCUT2D eigenvalue weighted by Crippen LogP contribution is 2.03. The van der Waals surface area contributed by atoms with E-state index in [4.69, 9.17) is 20.4 Å². The van der Waals surface area contributed by atoms with Crippen LogP contribution in [-0.2, 0) is 0 Å². The van der Waals surface area contributed by atoms with Crippen LogP contribution in [0.3, 0.4) is 0 Å². The van der Waals surface area contributed by atoms with Crippen molar-refractivity contribution in [3.63, 3.8) is 0 Å². The molecule has 0 aromatic heterocycles. The van der Waals surface area contributed by atoms with Crippen LogP contribution in [0.5, 0.6) is 0 Å². The zero-order valence-corrected chi connectivity index (χ0v) is 6.07. The minimum atomic E-state index is -2.94. The SMILES string of the molecule is CCC(O)C(O)(O)O.S. The summed E-state index contributed by atoms with van der Waals surface area (Å²) in [7, 11) is 0. The highest BCUT2D eigenvalue weighted by atomic mass is 32.1. The van der Waals surface area contributed by atoms with Crippen LogP contribution in [0.2, 0.25) is 0 Å². The summed E-state index contributed by atoms with van der Waals surface area (Å²) in [6, 6.07) is 0. The van der Waals surface area contributed by atoms with Crippen molar-refractivity contribution in [3.05, 3.63) is 0 Å². The average Bonchev–Trinajstić information content (AvgIpc) is 1.62. The molecule has 0 rings (SSSR count). The van der Waals surface area contributed by atoms with Crippen molar-refractivity contribution in [2.24, 2.45) is 0 Å². The standard InChI is InChI=1S/C4H10O4.H2S/c1-2-3(5)4(6,7)8;/h3,5-8H,2H2,1H3;1H2. The van der Waals surface area contributed by atoms with E-state index in [1.165, 1.54) is 6.92 Å². The second-order valence-corrected chi connectivity index (χ2v) is 1.61. The van der Waals surface area contributed by atoms with Gasteiger partial charge >= 0.3 is 5.97 Å². The molecule has 0 radical (unpaired) electrons. The summed E-state index contributed by atoms with van der Waals surface area (Å²) in [5.41, 5.74) is 0. The van der Waals surface area contributed by atoms with Crippen LogP contribution in [0.15, 0.2) is 0 Å². The monoisotopic (exact) mass is 156 g/mol. The molecule has 0 aliphatic carbocycles. The first kappa shape index (κ1) is 11.9. The quantitative estimate of drug-likeness (QED) is 0.367. The number of hydrogen-bond acceptors (Lipinski definition) is 4. The molecule has 0 saturated heterocycles. The summed E-state index contributed by atoms with van der Waals surface area (Å²) in [5, 5.41) is 32.9. The van der Waals surface area contributed by atoms with Crippen molar-refractivity contribution < 1.29 is 20.4 Å². The molecule has 0 spiro atoms. The van der Waals surface area contributed by atoms with E-state index >= 15 is 0 Å². The maximum atomic E-state index is 8.44. The lowest BCUT2D eigenvalue weighted by Crippen LogP contribution is -2.41. The third-order valence-corrected chi connectivity index (χ3v) is 0.834. The van der Waals surface area contributed by atoms with E-state index < -0.39 is 12.1 Å². The Labute approximate surface area is 60.2 Å². The van der Waals surface area contributed by atoms with Crippen molar-refractivity contribution in [3.8, 4) is 0 Å². The van der Waals surface area contributed by atoms with Gasteiger partial charge in [-0.1, -0.05) is 6.92 Å². The lowest BCUT2D eigenvalue weighted by molar-refractivity contribution is -0.354. The van der Waals surface area contributed by atoms with Crippen LogP contribution < -0.4 is 0 Å². The Morgan fingerprint density at radius 2 is 1.67 bits per heavy atom. The fourth-order valence-corrected chi connectivity index (χ4v) is 0.274. The Morgan fingerprint density at radius 3 is 1.67 bits per heavy atom. The smallest absolute Gasteiger partial charge is 0.302 e. The van der Waals surface area contributed by atoms with Gasteiger partial charge < -0.3 is 20.4 Å². The van der Waals surface area contributed by atoms with Crippen molar-refractivity contribution in [1.82, 2.24) is 0 Å². The van der Waals surface area contributed by atoms with Crippen LogP contribution in [0.1, 0.15) is 13.3 Å². The first-order valence-electron chi connectivity index (χ1n) is 2.33. The normalized spacial score (nSPS) is 14.3. The highest BCUT2D eigenvalue weighted by molar-refractivity contribution is 7.59. The minimum absolute atomic E-state index is 0. The Hall–Kier alpha value is 0.190. The third-order valence-electron chi connectivity index (χ3n) is 0.834. The summed E-state index contributed by atoms with van der Waals surface area (Å²) in [5.74, 6) is -2.94. The van der Waals surface area contributed by atoms with Crippen molar-refractivity contribution >= 4 is 13.5 Å². The molecule has 0 fully saturated rings. The molecule has 0 amide bonds. The highest BCUT2D eigenvalue weighted by Gasteiger charge is 2.27. The molecule has 0 saturated carbocycles. The molecule has 0 bridgehead atoms. The number of rotatable bonds is 2. The van der Waals surface area contributed by atoms with Gasteiger partial charge in [-0.05, 0) is 6.42 Å². The summed E-state index contributed by atoms with van der Waals surface area (Å²) >= 11 is 0. The summed E-state index contributed by atoms with van der Waals surface area (Å²) in [6.07, 6.45) is -1.38. The number of hydrogen-bond donors (Lipinski definition) is 4. The van der Waals surface area contributed by atoms with Gasteiger partial charge in [-0.2, -0.15) is 13.5 Å². The van der Waals surface area contributed by atoms with E-state index in [9.17, 15) is 0 Å². The van der Waals surface area contributed by atoms with Crippen LogP contribution >= 0.6 is 13.5 Å². The van der Waals surface area contributed by atoms with Crippen LogP contribution in [0, 0.1) is 0 Å². The lowest BCUT2D eigenvalue weighted by Gasteiger charge is -2.18. The Morgan fingerprint density at radius 1 is 1.33 bits per heavy atom. The predicted octanol–water partition coefficient (Wildman–Crippen LogP) is -1.50. The molecule has 9 heavy (non-hydrogen) atoms. The molecule has 0 aliphatic rings. The molecule has 0 aliphatic heterocycles. The van der Waals surface area contributed by atoms with Crippen molar-refractivity contribution in [1.29, 1.82) is 0 Å². The van der Waals surface area contributed by atoms with Crippen LogP contribution in [0.4, 0.5) is 0 Å². The fraction of sp³-hybridized carbons (Fsp3) is 1.00. The molecule has 58 valence electrons. The van der Waals surface area contributed by atoms with Gasteiger partial charge in [0.25, 0.3) is 0 Å². The Bertz CT molecular complexity index is 69.5. The molecule has 0 aromatic carbocycles. The van der Waals surface area contributed by atoms with Gasteiger partial charge in [-0.15, -0.1) is 0 Å². The van der Waals surface area contributed by atoms with Gasteiger partial charge in [-0.25, -0.2) is 0 Å². The van der Waals surface area contributed by atoms with E-state index in [-0.39, 0.29) is 19.9 Å². The van der Waals surface area contributed by atoms with Crippen LogP contribution in [0.25, 0.3) is 0 Å². The molecule has 4 nitrogen and oxygen atoms in total. The van der Waals surface area contributed by atoms with Crippen molar-refractivity contribution in [2.75, 3.05) is 0 Å². The molecular formula is C4H12O4S. The molecular weight excluding hydrogens is 144 g/mol. The average molecular weight is 156 g/mol. The molecule has 1 unspecified atom stereocenters. The first-order chi connectivity index (χ1) is 3.48. The Balaban J connectivity index is 0. The maximum Gasteiger partial charge on any atom is 0.302 e. The number of aliphatic hydroxyl groups excluding tert-OH is 1. The third kappa shape index (κ3) is 4.68. The maximum absolute atomic E-state index is 8.44.